The molecule has 2 amide bonds. The van der Waals surface area contributed by atoms with Crippen molar-refractivity contribution in [2.24, 2.45) is 0 Å². The summed E-state index contributed by atoms with van der Waals surface area (Å²) in [5, 5.41) is 30.6. The summed E-state index contributed by atoms with van der Waals surface area (Å²) in [6.07, 6.45) is 3.75. The van der Waals surface area contributed by atoms with Crippen molar-refractivity contribution in [1.82, 2.24) is 30.4 Å². The number of rotatable bonds is 8. The van der Waals surface area contributed by atoms with Crippen LogP contribution in [0.1, 0.15) is 44.3 Å². The van der Waals surface area contributed by atoms with Crippen molar-refractivity contribution in [2.45, 2.75) is 58.0 Å². The number of allylic oxidation sites excluding steroid dienone is 1. The minimum Gasteiger partial charge on any atom is -0.393 e. The van der Waals surface area contributed by atoms with E-state index in [0.29, 0.717) is 42.1 Å². The van der Waals surface area contributed by atoms with Crippen LogP contribution in [-0.2, 0) is 17.7 Å². The van der Waals surface area contributed by atoms with Gasteiger partial charge in [-0.15, -0.1) is 0 Å². The summed E-state index contributed by atoms with van der Waals surface area (Å²) in [6.45, 7) is 5.94. The van der Waals surface area contributed by atoms with Gasteiger partial charge >= 0.3 is 6.03 Å². The van der Waals surface area contributed by atoms with Crippen molar-refractivity contribution in [2.75, 3.05) is 38.2 Å². The zero-order valence-electron chi connectivity index (χ0n) is 19.4. The van der Waals surface area contributed by atoms with Crippen LogP contribution in [0.2, 0.25) is 0 Å². The number of urea groups is 1. The lowest BCUT2D eigenvalue weighted by molar-refractivity contribution is 0.0303. The van der Waals surface area contributed by atoms with Crippen LogP contribution in [0.3, 0.4) is 0 Å². The van der Waals surface area contributed by atoms with Gasteiger partial charge in [-0.1, -0.05) is 11.6 Å². The average molecular weight is 460 g/mol. The van der Waals surface area contributed by atoms with Gasteiger partial charge in [-0.05, 0) is 26.7 Å². The lowest BCUT2D eigenvalue weighted by Gasteiger charge is -2.33. The first kappa shape index (κ1) is 23.4. The molecule has 0 spiro atoms. The number of aryl methyl sites for hydroxylation is 1. The highest BCUT2D eigenvalue weighted by molar-refractivity contribution is 5.90. The number of morpholine rings is 1. The molecule has 2 saturated heterocycles. The second kappa shape index (κ2) is 10.0. The fourth-order valence-corrected chi connectivity index (χ4v) is 4.49. The van der Waals surface area contributed by atoms with E-state index in [1.807, 2.05) is 19.9 Å². The molecule has 2 aliphatic rings. The van der Waals surface area contributed by atoms with Crippen molar-refractivity contribution >= 4 is 22.9 Å². The molecule has 4 rings (SSSR count). The minimum atomic E-state index is -1.11. The lowest BCUT2D eigenvalue weighted by Crippen LogP contribution is -2.43. The molecule has 2 aliphatic heterocycles. The molecule has 4 heterocycles. The van der Waals surface area contributed by atoms with Gasteiger partial charge in [0.15, 0.2) is 5.65 Å². The number of aromatic nitrogens is 4. The topological polar surface area (TPSA) is 138 Å². The molecular formula is C22H33N7O4. The van der Waals surface area contributed by atoms with E-state index < -0.39 is 12.7 Å². The van der Waals surface area contributed by atoms with Crippen LogP contribution in [0.25, 0.3) is 11.0 Å². The molecular weight excluding hydrogens is 426 g/mol. The first-order valence-corrected chi connectivity index (χ1v) is 11.5. The van der Waals surface area contributed by atoms with E-state index >= 15 is 0 Å². The number of aliphatic hydroxyl groups excluding tert-OH is 2. The van der Waals surface area contributed by atoms with Gasteiger partial charge in [0.1, 0.15) is 23.4 Å². The average Bonchev–Trinajstić information content (AvgIpc) is 3.36. The van der Waals surface area contributed by atoms with E-state index in [-0.39, 0.29) is 18.2 Å². The molecule has 2 aromatic rings. The SMILES string of the molecule is CCn1nc(C(O)CO)c2c(N3CC4CCC(C3)O4)nc(C/C(C)=C/CNC(=O)NC)nc21. The molecule has 4 N–H and O–H groups in total. The van der Waals surface area contributed by atoms with Gasteiger partial charge in [0.2, 0.25) is 0 Å². The predicted molar refractivity (Wildman–Crippen MR) is 123 cm³/mol. The van der Waals surface area contributed by atoms with Crippen molar-refractivity contribution < 1.29 is 19.7 Å². The maximum absolute atomic E-state index is 11.4. The van der Waals surface area contributed by atoms with E-state index in [1.165, 1.54) is 0 Å². The van der Waals surface area contributed by atoms with E-state index in [1.54, 1.807) is 11.7 Å². The maximum atomic E-state index is 11.4. The Balaban J connectivity index is 1.73. The Kier molecular flexibility index (Phi) is 7.11. The fourth-order valence-electron chi connectivity index (χ4n) is 4.49. The molecule has 3 atom stereocenters. The number of nitrogens with one attached hydrogen (secondary N) is 2. The third kappa shape index (κ3) is 4.94. The van der Waals surface area contributed by atoms with E-state index in [0.717, 1.165) is 37.3 Å². The molecule has 33 heavy (non-hydrogen) atoms. The molecule has 3 unspecified atom stereocenters. The van der Waals surface area contributed by atoms with Crippen LogP contribution in [0.15, 0.2) is 11.6 Å². The Morgan fingerprint density at radius 1 is 1.30 bits per heavy atom. The van der Waals surface area contributed by atoms with E-state index in [2.05, 4.69) is 20.6 Å². The third-order valence-corrected chi connectivity index (χ3v) is 6.15. The molecule has 2 aromatic heterocycles. The molecule has 0 aromatic carbocycles. The van der Waals surface area contributed by atoms with Gasteiger partial charge in [0, 0.05) is 39.6 Å². The van der Waals surface area contributed by atoms with Crippen molar-refractivity contribution in [3.63, 3.8) is 0 Å². The van der Waals surface area contributed by atoms with Crippen LogP contribution in [-0.4, -0.2) is 81.5 Å². The highest BCUT2D eigenvalue weighted by Gasteiger charge is 2.36. The van der Waals surface area contributed by atoms with Crippen molar-refractivity contribution in [1.29, 1.82) is 0 Å². The Hall–Kier alpha value is -2.76. The first-order chi connectivity index (χ1) is 15.9. The highest BCUT2D eigenvalue weighted by Crippen LogP contribution is 2.35. The number of hydrogen-bond donors (Lipinski definition) is 4. The highest BCUT2D eigenvalue weighted by atomic mass is 16.5. The second-order valence-electron chi connectivity index (χ2n) is 8.61. The van der Waals surface area contributed by atoms with Gasteiger partial charge in [0.05, 0.1) is 24.2 Å². The van der Waals surface area contributed by atoms with Gasteiger partial charge in [-0.25, -0.2) is 19.4 Å². The number of anilines is 1. The standard InChI is InChI=1S/C22H33N7O4/c1-4-29-21-18(19(27-29)16(31)12-30)20(28-10-14-5-6-15(11-28)33-14)25-17(26-21)9-13(2)7-8-24-22(32)23-3/h7,14-16,30-31H,4-6,8-12H2,1-3H3,(H2,23,24,32)/b13-7+. The number of carbonyl (C=O) groups excluding carboxylic acids is 1. The summed E-state index contributed by atoms with van der Waals surface area (Å²) in [7, 11) is 1.58. The maximum Gasteiger partial charge on any atom is 0.314 e. The monoisotopic (exact) mass is 459 g/mol. The Bertz CT molecular complexity index is 1030. The van der Waals surface area contributed by atoms with Crippen LogP contribution in [0.5, 0.6) is 0 Å². The van der Waals surface area contributed by atoms with Gasteiger partial charge < -0.3 is 30.5 Å². The lowest BCUT2D eigenvalue weighted by atomic mass is 10.1. The quantitative estimate of drug-likeness (QED) is 0.423. The fraction of sp³-hybridized carbons (Fsp3) is 0.636. The van der Waals surface area contributed by atoms with Crippen LogP contribution in [0, 0.1) is 0 Å². The predicted octanol–water partition coefficient (Wildman–Crippen LogP) is 0.657. The summed E-state index contributed by atoms with van der Waals surface area (Å²) in [6, 6.07) is -0.234. The zero-order valence-corrected chi connectivity index (χ0v) is 19.4. The number of carbonyl (C=O) groups is 1. The summed E-state index contributed by atoms with van der Waals surface area (Å²) in [5.41, 5.74) is 2.07. The molecule has 0 saturated carbocycles. The van der Waals surface area contributed by atoms with Crippen molar-refractivity contribution in [3.8, 4) is 0 Å². The summed E-state index contributed by atoms with van der Waals surface area (Å²) in [5.74, 6) is 1.37. The van der Waals surface area contributed by atoms with Crippen LogP contribution < -0.4 is 15.5 Å². The Morgan fingerprint density at radius 3 is 2.67 bits per heavy atom. The van der Waals surface area contributed by atoms with Gasteiger partial charge in [0.25, 0.3) is 0 Å². The van der Waals surface area contributed by atoms with E-state index in [9.17, 15) is 15.0 Å². The van der Waals surface area contributed by atoms with Gasteiger partial charge in [-0.3, -0.25) is 0 Å². The van der Waals surface area contributed by atoms with Crippen molar-refractivity contribution in [3.05, 3.63) is 23.2 Å². The van der Waals surface area contributed by atoms with Crippen LogP contribution >= 0.6 is 0 Å². The molecule has 11 nitrogen and oxygen atoms in total. The molecule has 0 radical (unpaired) electrons. The Morgan fingerprint density at radius 2 is 2.03 bits per heavy atom. The number of fused-ring (bicyclic) bond motifs is 3. The van der Waals surface area contributed by atoms with Gasteiger partial charge in [-0.2, -0.15) is 5.10 Å². The minimum absolute atomic E-state index is 0.169. The summed E-state index contributed by atoms with van der Waals surface area (Å²) >= 11 is 0. The summed E-state index contributed by atoms with van der Waals surface area (Å²) < 4.78 is 7.76. The number of nitrogens with zero attached hydrogens (tertiary/aromatic N) is 5. The molecule has 0 aliphatic carbocycles. The molecule has 180 valence electrons. The van der Waals surface area contributed by atoms with Crippen LogP contribution in [0.4, 0.5) is 10.6 Å². The zero-order chi connectivity index (χ0) is 23.5. The largest absolute Gasteiger partial charge is 0.393 e. The summed E-state index contributed by atoms with van der Waals surface area (Å²) in [4.78, 5) is 23.3. The molecule has 11 heteroatoms. The number of ether oxygens (including phenoxy) is 1. The number of hydrogen-bond acceptors (Lipinski definition) is 8. The smallest absolute Gasteiger partial charge is 0.314 e. The Labute approximate surface area is 192 Å². The second-order valence-corrected chi connectivity index (χ2v) is 8.61. The molecule has 2 bridgehead atoms. The first-order valence-electron chi connectivity index (χ1n) is 11.5. The van der Waals surface area contributed by atoms with E-state index in [4.69, 9.17) is 14.7 Å². The third-order valence-electron chi connectivity index (χ3n) is 6.15. The number of aliphatic hydroxyl groups is 2. The number of amides is 2. The molecule has 2 fully saturated rings. The normalized spacial score (nSPS) is 21.5.